The number of hydrogen-bond acceptors (Lipinski definition) is 5. The highest BCUT2D eigenvalue weighted by molar-refractivity contribution is 6.74. The van der Waals surface area contributed by atoms with Crippen LogP contribution in [0, 0.1) is 0 Å². The molecule has 6 heteroatoms. The highest BCUT2D eigenvalue weighted by Crippen LogP contribution is 2.39. The molecule has 5 nitrogen and oxygen atoms in total. The largest absolute Gasteiger partial charge is 0.463 e. The fourth-order valence-electron chi connectivity index (χ4n) is 2.65. The van der Waals surface area contributed by atoms with Crippen molar-refractivity contribution in [1.29, 1.82) is 0 Å². The molecule has 0 N–H and O–H groups in total. The monoisotopic (exact) mass is 422 g/mol. The van der Waals surface area contributed by atoms with Crippen molar-refractivity contribution >= 4 is 14.3 Å². The molecule has 0 aliphatic heterocycles. The topological polar surface area (TPSA) is 54.0 Å². The highest BCUT2D eigenvalue weighted by atomic mass is 28.4. The summed E-state index contributed by atoms with van der Waals surface area (Å²) in [6.07, 6.45) is 4.39. The van der Waals surface area contributed by atoms with Gasteiger partial charge in [0.2, 0.25) is 0 Å². The third kappa shape index (κ3) is 9.25. The smallest absolute Gasteiger partial charge is 0.330 e. The number of esters is 1. The van der Waals surface area contributed by atoms with Crippen molar-refractivity contribution in [3.8, 4) is 0 Å². The molecule has 2 atom stereocenters. The van der Waals surface area contributed by atoms with E-state index in [0.717, 1.165) is 5.56 Å². The second kappa shape index (κ2) is 12.3. The second-order valence-corrected chi connectivity index (χ2v) is 13.4. The minimum absolute atomic E-state index is 0.0800. The van der Waals surface area contributed by atoms with E-state index in [0.29, 0.717) is 19.4 Å². The van der Waals surface area contributed by atoms with Gasteiger partial charge >= 0.3 is 5.97 Å². The van der Waals surface area contributed by atoms with Crippen LogP contribution in [0.2, 0.25) is 18.1 Å². The SMILES string of the molecule is CCOC(=O)/C=C\C[C@H](C[C@H](OCOC)c1ccccc1)O[Si](C)(C)C(C)(C)C. The van der Waals surface area contributed by atoms with Crippen LogP contribution in [0.5, 0.6) is 0 Å². The van der Waals surface area contributed by atoms with Crippen LogP contribution in [0.25, 0.3) is 0 Å². The van der Waals surface area contributed by atoms with Gasteiger partial charge in [0.1, 0.15) is 6.79 Å². The normalized spacial score (nSPS) is 14.7. The molecular formula is C23H38O5Si. The third-order valence-electron chi connectivity index (χ3n) is 5.24. The summed E-state index contributed by atoms with van der Waals surface area (Å²) in [5.41, 5.74) is 1.09. The minimum atomic E-state index is -2.00. The van der Waals surface area contributed by atoms with Crippen molar-refractivity contribution in [2.24, 2.45) is 0 Å². The van der Waals surface area contributed by atoms with E-state index >= 15 is 0 Å². The molecule has 0 bridgehead atoms. The van der Waals surface area contributed by atoms with Crippen molar-refractivity contribution in [1.82, 2.24) is 0 Å². The fraction of sp³-hybridized carbons (Fsp3) is 0.609. The summed E-state index contributed by atoms with van der Waals surface area (Å²) in [6, 6.07) is 10.1. The average molecular weight is 423 g/mol. The van der Waals surface area contributed by atoms with E-state index in [-0.39, 0.29) is 30.0 Å². The molecule has 0 fully saturated rings. The van der Waals surface area contributed by atoms with Gasteiger partial charge in [-0.3, -0.25) is 0 Å². The molecule has 0 saturated carbocycles. The van der Waals surface area contributed by atoms with Gasteiger partial charge in [0.25, 0.3) is 0 Å². The molecule has 0 saturated heterocycles. The first-order valence-corrected chi connectivity index (χ1v) is 13.2. The summed E-state index contributed by atoms with van der Waals surface area (Å²) < 4.78 is 22.8. The molecule has 0 unspecified atom stereocenters. The summed E-state index contributed by atoms with van der Waals surface area (Å²) in [6.45, 7) is 13.5. The van der Waals surface area contributed by atoms with Gasteiger partial charge in [-0.15, -0.1) is 0 Å². The molecule has 0 radical (unpaired) electrons. The number of carbonyl (C=O) groups is 1. The molecule has 0 amide bonds. The highest BCUT2D eigenvalue weighted by Gasteiger charge is 2.39. The number of hydrogen-bond donors (Lipinski definition) is 0. The maximum Gasteiger partial charge on any atom is 0.330 e. The molecule has 0 spiro atoms. The van der Waals surface area contributed by atoms with Crippen molar-refractivity contribution in [2.75, 3.05) is 20.5 Å². The first kappa shape index (κ1) is 25.6. The molecule has 0 heterocycles. The molecule has 164 valence electrons. The molecule has 1 aromatic rings. The standard InChI is InChI=1S/C23H38O5Si/c1-8-26-22(24)16-12-15-20(28-29(6,7)23(2,3)4)17-21(27-18-25-5)19-13-10-9-11-14-19/h9-14,16,20-21H,8,15,17-18H2,1-7H3/b16-12-/t20-,21+/m1/s1. The number of ether oxygens (including phenoxy) is 3. The Labute approximate surface area is 177 Å². The number of rotatable bonds is 12. The Balaban J connectivity index is 3.01. The number of benzene rings is 1. The van der Waals surface area contributed by atoms with E-state index in [4.69, 9.17) is 18.6 Å². The summed E-state index contributed by atoms with van der Waals surface area (Å²) in [5, 5.41) is 0.0890. The molecule has 0 aliphatic rings. The molecule has 0 aromatic heterocycles. The summed E-state index contributed by atoms with van der Waals surface area (Å²) >= 11 is 0. The number of methoxy groups -OCH3 is 1. The van der Waals surface area contributed by atoms with Gasteiger partial charge < -0.3 is 18.6 Å². The van der Waals surface area contributed by atoms with Crippen LogP contribution in [-0.4, -0.2) is 40.9 Å². The Morgan fingerprint density at radius 3 is 2.38 bits per heavy atom. The van der Waals surface area contributed by atoms with Gasteiger partial charge in [0.15, 0.2) is 8.32 Å². The van der Waals surface area contributed by atoms with Crippen LogP contribution in [-0.2, 0) is 23.4 Å². The summed E-state index contributed by atoms with van der Waals surface area (Å²) in [7, 11) is -0.377. The lowest BCUT2D eigenvalue weighted by Gasteiger charge is -2.40. The molecule has 0 aliphatic carbocycles. The Kier molecular flexibility index (Phi) is 10.8. The van der Waals surface area contributed by atoms with Crippen molar-refractivity contribution in [3.05, 3.63) is 48.0 Å². The zero-order valence-electron chi connectivity index (χ0n) is 19.1. The van der Waals surface area contributed by atoms with Crippen LogP contribution in [0.15, 0.2) is 42.5 Å². The second-order valence-electron chi connectivity index (χ2n) is 8.60. The predicted octanol–water partition coefficient (Wildman–Crippen LogP) is 5.64. The average Bonchev–Trinajstić information content (AvgIpc) is 2.64. The molecule has 1 rings (SSSR count). The van der Waals surface area contributed by atoms with Gasteiger partial charge in [0.05, 0.1) is 18.8 Å². The van der Waals surface area contributed by atoms with E-state index < -0.39 is 8.32 Å². The van der Waals surface area contributed by atoms with Crippen LogP contribution < -0.4 is 0 Å². The molecular weight excluding hydrogens is 384 g/mol. The Bertz CT molecular complexity index is 622. The van der Waals surface area contributed by atoms with Crippen molar-refractivity contribution in [3.63, 3.8) is 0 Å². The maximum absolute atomic E-state index is 11.7. The first-order chi connectivity index (χ1) is 13.6. The van der Waals surface area contributed by atoms with E-state index in [2.05, 4.69) is 46.0 Å². The zero-order chi connectivity index (χ0) is 21.9. The number of carbonyl (C=O) groups excluding carboxylic acids is 1. The van der Waals surface area contributed by atoms with Crippen LogP contribution >= 0.6 is 0 Å². The lowest BCUT2D eigenvalue weighted by molar-refractivity contribution is -0.137. The zero-order valence-corrected chi connectivity index (χ0v) is 20.1. The summed E-state index contributed by atoms with van der Waals surface area (Å²) in [5.74, 6) is -0.325. The molecule has 1 aromatic carbocycles. The predicted molar refractivity (Wildman–Crippen MR) is 119 cm³/mol. The van der Waals surface area contributed by atoms with Crippen LogP contribution in [0.1, 0.15) is 52.2 Å². The Hall–Kier alpha value is -1.47. The van der Waals surface area contributed by atoms with Gasteiger partial charge in [-0.25, -0.2) is 4.79 Å². The molecule has 29 heavy (non-hydrogen) atoms. The quantitative estimate of drug-likeness (QED) is 0.189. The van der Waals surface area contributed by atoms with Crippen molar-refractivity contribution in [2.45, 2.75) is 70.9 Å². The van der Waals surface area contributed by atoms with Crippen LogP contribution in [0.3, 0.4) is 0 Å². The van der Waals surface area contributed by atoms with E-state index in [9.17, 15) is 4.79 Å². The van der Waals surface area contributed by atoms with Gasteiger partial charge in [0, 0.05) is 19.6 Å². The van der Waals surface area contributed by atoms with Crippen molar-refractivity contribution < 1.29 is 23.4 Å². The van der Waals surface area contributed by atoms with Crippen LogP contribution in [0.4, 0.5) is 0 Å². The maximum atomic E-state index is 11.7. The van der Waals surface area contributed by atoms with Gasteiger partial charge in [-0.2, -0.15) is 0 Å². The lowest BCUT2D eigenvalue weighted by Crippen LogP contribution is -2.44. The first-order valence-electron chi connectivity index (χ1n) is 10.3. The van der Waals surface area contributed by atoms with E-state index in [1.54, 1.807) is 14.0 Å². The van der Waals surface area contributed by atoms with E-state index in [1.807, 2.05) is 24.3 Å². The third-order valence-corrected chi connectivity index (χ3v) is 9.78. The minimum Gasteiger partial charge on any atom is -0.463 e. The lowest BCUT2D eigenvalue weighted by atomic mass is 10.0. The van der Waals surface area contributed by atoms with Gasteiger partial charge in [-0.05, 0) is 37.0 Å². The van der Waals surface area contributed by atoms with Gasteiger partial charge in [-0.1, -0.05) is 57.2 Å². The Morgan fingerprint density at radius 1 is 1.17 bits per heavy atom. The Morgan fingerprint density at radius 2 is 1.83 bits per heavy atom. The van der Waals surface area contributed by atoms with E-state index in [1.165, 1.54) is 6.08 Å². The summed E-state index contributed by atoms with van der Waals surface area (Å²) in [4.78, 5) is 11.7. The fourth-order valence-corrected chi connectivity index (χ4v) is 4.03.